The molecule has 0 amide bonds. The van der Waals surface area contributed by atoms with Crippen LogP contribution in [0.3, 0.4) is 0 Å². The zero-order valence-electron chi connectivity index (χ0n) is 8.20. The lowest BCUT2D eigenvalue weighted by molar-refractivity contribution is 0.692. The van der Waals surface area contributed by atoms with E-state index in [0.717, 1.165) is 16.2 Å². The third-order valence-corrected chi connectivity index (χ3v) is 3.15. The van der Waals surface area contributed by atoms with Gasteiger partial charge >= 0.3 is 0 Å². The first-order valence-electron chi connectivity index (χ1n) is 5.03. The van der Waals surface area contributed by atoms with Gasteiger partial charge in [-0.15, -0.1) is 0 Å². The highest BCUT2D eigenvalue weighted by atomic mass is 79.9. The third-order valence-electron chi connectivity index (χ3n) is 2.57. The molecule has 3 nitrogen and oxygen atoms in total. The SMILES string of the molecule is CCCC1CC1Nc1ncncc1Br. The maximum Gasteiger partial charge on any atom is 0.143 e. The molecule has 14 heavy (non-hydrogen) atoms. The monoisotopic (exact) mass is 255 g/mol. The van der Waals surface area contributed by atoms with Crippen LogP contribution in [0.1, 0.15) is 26.2 Å². The number of anilines is 1. The Hall–Kier alpha value is -0.640. The standard InChI is InChI=1S/C10H14BrN3/c1-2-3-7-4-9(7)14-10-8(11)5-12-6-13-10/h5-7,9H,2-4H2,1H3,(H,12,13,14). The van der Waals surface area contributed by atoms with Gasteiger partial charge in [-0.3, -0.25) is 0 Å². The van der Waals surface area contributed by atoms with Gasteiger partial charge in [0.05, 0.1) is 4.47 Å². The van der Waals surface area contributed by atoms with E-state index in [1.165, 1.54) is 19.3 Å². The third kappa shape index (κ3) is 2.23. The summed E-state index contributed by atoms with van der Waals surface area (Å²) in [4.78, 5) is 8.11. The molecule has 1 aliphatic rings. The van der Waals surface area contributed by atoms with Gasteiger partial charge in [0.1, 0.15) is 12.1 Å². The number of nitrogens with zero attached hydrogens (tertiary/aromatic N) is 2. The Morgan fingerprint density at radius 1 is 1.64 bits per heavy atom. The fraction of sp³-hybridized carbons (Fsp3) is 0.600. The highest BCUT2D eigenvalue weighted by Gasteiger charge is 2.36. The Balaban J connectivity index is 1.90. The Kier molecular flexibility index (Phi) is 3.01. The van der Waals surface area contributed by atoms with Gasteiger partial charge in [0.15, 0.2) is 0 Å². The van der Waals surface area contributed by atoms with Crippen LogP contribution in [0.2, 0.25) is 0 Å². The van der Waals surface area contributed by atoms with Crippen molar-refractivity contribution in [1.82, 2.24) is 9.97 Å². The molecule has 1 saturated carbocycles. The summed E-state index contributed by atoms with van der Waals surface area (Å²) in [5.74, 6) is 1.77. The zero-order valence-corrected chi connectivity index (χ0v) is 9.79. The van der Waals surface area contributed by atoms with Crippen molar-refractivity contribution < 1.29 is 0 Å². The van der Waals surface area contributed by atoms with Crippen LogP contribution >= 0.6 is 15.9 Å². The summed E-state index contributed by atoms with van der Waals surface area (Å²) in [5, 5.41) is 3.42. The molecule has 1 aromatic heterocycles. The van der Waals surface area contributed by atoms with Crippen LogP contribution in [0.4, 0.5) is 5.82 Å². The number of hydrogen-bond acceptors (Lipinski definition) is 3. The first kappa shape index (κ1) is 9.90. The first-order chi connectivity index (χ1) is 6.81. The molecule has 0 saturated heterocycles. The number of nitrogens with one attached hydrogen (secondary N) is 1. The maximum atomic E-state index is 4.18. The second kappa shape index (κ2) is 4.26. The summed E-state index contributed by atoms with van der Waals surface area (Å²) in [6.45, 7) is 2.23. The molecule has 0 spiro atoms. The summed E-state index contributed by atoms with van der Waals surface area (Å²) in [6.07, 6.45) is 7.22. The van der Waals surface area contributed by atoms with Crippen molar-refractivity contribution in [3.8, 4) is 0 Å². The fourth-order valence-corrected chi connectivity index (χ4v) is 2.04. The van der Waals surface area contributed by atoms with Crippen LogP contribution in [0.5, 0.6) is 0 Å². The molecule has 0 radical (unpaired) electrons. The van der Waals surface area contributed by atoms with Crippen LogP contribution in [0.25, 0.3) is 0 Å². The van der Waals surface area contributed by atoms with E-state index in [0.29, 0.717) is 6.04 Å². The average Bonchev–Trinajstić information content (AvgIpc) is 2.89. The van der Waals surface area contributed by atoms with Gasteiger partial charge in [0, 0.05) is 12.2 Å². The van der Waals surface area contributed by atoms with Gasteiger partial charge < -0.3 is 5.32 Å². The Morgan fingerprint density at radius 2 is 2.50 bits per heavy atom. The van der Waals surface area contributed by atoms with Crippen molar-refractivity contribution in [1.29, 1.82) is 0 Å². The minimum atomic E-state index is 0.626. The van der Waals surface area contributed by atoms with E-state index in [9.17, 15) is 0 Å². The largest absolute Gasteiger partial charge is 0.366 e. The summed E-state index contributed by atoms with van der Waals surface area (Å²) in [5.41, 5.74) is 0. The molecule has 0 bridgehead atoms. The van der Waals surface area contributed by atoms with Crippen LogP contribution in [-0.4, -0.2) is 16.0 Å². The highest BCUT2D eigenvalue weighted by molar-refractivity contribution is 9.10. The van der Waals surface area contributed by atoms with Crippen molar-refractivity contribution in [2.45, 2.75) is 32.2 Å². The molecule has 0 aliphatic heterocycles. The number of halogens is 1. The molecule has 2 unspecified atom stereocenters. The Morgan fingerprint density at radius 3 is 3.21 bits per heavy atom. The van der Waals surface area contributed by atoms with E-state index in [4.69, 9.17) is 0 Å². The highest BCUT2D eigenvalue weighted by Crippen LogP contribution is 2.37. The van der Waals surface area contributed by atoms with Crippen molar-refractivity contribution >= 4 is 21.7 Å². The van der Waals surface area contributed by atoms with Crippen molar-refractivity contribution in [3.63, 3.8) is 0 Å². The lowest BCUT2D eigenvalue weighted by Crippen LogP contribution is -2.06. The summed E-state index contributed by atoms with van der Waals surface area (Å²) >= 11 is 3.42. The molecule has 2 atom stereocenters. The van der Waals surface area contributed by atoms with E-state index in [2.05, 4.69) is 38.1 Å². The second-order valence-corrected chi connectivity index (χ2v) is 4.61. The van der Waals surface area contributed by atoms with Gasteiger partial charge in [-0.25, -0.2) is 9.97 Å². The minimum absolute atomic E-state index is 0.626. The van der Waals surface area contributed by atoms with E-state index in [-0.39, 0.29) is 0 Å². The molecular weight excluding hydrogens is 242 g/mol. The lowest BCUT2D eigenvalue weighted by Gasteiger charge is -2.05. The maximum absolute atomic E-state index is 4.18. The van der Waals surface area contributed by atoms with Crippen molar-refractivity contribution in [2.24, 2.45) is 5.92 Å². The van der Waals surface area contributed by atoms with Gasteiger partial charge in [-0.1, -0.05) is 13.3 Å². The molecule has 0 aromatic carbocycles. The molecule has 2 rings (SSSR count). The van der Waals surface area contributed by atoms with Gasteiger partial charge in [0.25, 0.3) is 0 Å². The van der Waals surface area contributed by atoms with Crippen LogP contribution < -0.4 is 5.32 Å². The average molecular weight is 256 g/mol. The minimum Gasteiger partial charge on any atom is -0.366 e. The van der Waals surface area contributed by atoms with Gasteiger partial charge in [0.2, 0.25) is 0 Å². The van der Waals surface area contributed by atoms with Crippen LogP contribution in [0.15, 0.2) is 17.0 Å². The quantitative estimate of drug-likeness (QED) is 0.900. The van der Waals surface area contributed by atoms with E-state index in [1.54, 1.807) is 12.5 Å². The Labute approximate surface area is 92.5 Å². The molecule has 1 fully saturated rings. The second-order valence-electron chi connectivity index (χ2n) is 3.75. The van der Waals surface area contributed by atoms with Crippen molar-refractivity contribution in [2.75, 3.05) is 5.32 Å². The van der Waals surface area contributed by atoms with Crippen LogP contribution in [-0.2, 0) is 0 Å². The normalized spacial score (nSPS) is 24.7. The topological polar surface area (TPSA) is 37.8 Å². The molecule has 1 N–H and O–H groups in total. The smallest absolute Gasteiger partial charge is 0.143 e. The predicted molar refractivity (Wildman–Crippen MR) is 60.2 cm³/mol. The molecule has 76 valence electrons. The molecule has 1 aliphatic carbocycles. The van der Waals surface area contributed by atoms with Gasteiger partial charge in [-0.05, 0) is 34.7 Å². The summed E-state index contributed by atoms with van der Waals surface area (Å²) < 4.78 is 0.946. The molecular formula is C10H14BrN3. The first-order valence-corrected chi connectivity index (χ1v) is 5.82. The fourth-order valence-electron chi connectivity index (χ4n) is 1.71. The predicted octanol–water partition coefficient (Wildman–Crippen LogP) is 2.84. The number of aromatic nitrogens is 2. The van der Waals surface area contributed by atoms with Crippen LogP contribution in [0, 0.1) is 5.92 Å². The Bertz CT molecular complexity index is 316. The molecule has 1 heterocycles. The number of hydrogen-bond donors (Lipinski definition) is 1. The summed E-state index contributed by atoms with van der Waals surface area (Å²) in [7, 11) is 0. The van der Waals surface area contributed by atoms with E-state index < -0.39 is 0 Å². The molecule has 1 aromatic rings. The zero-order chi connectivity index (χ0) is 9.97. The lowest BCUT2D eigenvalue weighted by atomic mass is 10.2. The van der Waals surface area contributed by atoms with E-state index >= 15 is 0 Å². The van der Waals surface area contributed by atoms with Gasteiger partial charge in [-0.2, -0.15) is 0 Å². The molecule has 4 heteroatoms. The summed E-state index contributed by atoms with van der Waals surface area (Å²) in [6, 6.07) is 0.626. The van der Waals surface area contributed by atoms with Crippen molar-refractivity contribution in [3.05, 3.63) is 17.0 Å². The van der Waals surface area contributed by atoms with E-state index in [1.807, 2.05) is 0 Å². The number of rotatable bonds is 4.